The van der Waals surface area contributed by atoms with Gasteiger partial charge in [-0.1, -0.05) is 23.2 Å². The summed E-state index contributed by atoms with van der Waals surface area (Å²) in [5, 5.41) is 13.6. The van der Waals surface area contributed by atoms with E-state index in [-0.39, 0.29) is 19.3 Å². The van der Waals surface area contributed by atoms with Crippen molar-refractivity contribution in [3.05, 3.63) is 28.2 Å². The predicted octanol–water partition coefficient (Wildman–Crippen LogP) is 2.90. The van der Waals surface area contributed by atoms with Gasteiger partial charge in [-0.2, -0.15) is 0 Å². The average Bonchev–Trinajstić information content (AvgIpc) is 2.25. The van der Waals surface area contributed by atoms with E-state index in [2.05, 4.69) is 10.6 Å². The number of amides is 3. The minimum Gasteiger partial charge on any atom is -0.481 e. The summed E-state index contributed by atoms with van der Waals surface area (Å²) >= 11 is 11.5. The van der Waals surface area contributed by atoms with Crippen molar-refractivity contribution in [3.8, 4) is 0 Å². The Morgan fingerprint density at radius 1 is 1.05 bits per heavy atom. The summed E-state index contributed by atoms with van der Waals surface area (Å²) in [4.78, 5) is 33.1. The molecule has 0 atom stereocenters. The fourth-order valence-electron chi connectivity index (χ4n) is 1.38. The Bertz CT molecular complexity index is 514. The Hall–Kier alpha value is -1.79. The lowest BCUT2D eigenvalue weighted by Gasteiger charge is -2.07. The molecule has 8 heteroatoms. The van der Waals surface area contributed by atoms with Crippen LogP contribution < -0.4 is 10.6 Å². The molecular weight excluding hydrogens is 307 g/mol. The molecule has 0 saturated heterocycles. The van der Waals surface area contributed by atoms with Crippen LogP contribution in [0.1, 0.15) is 19.3 Å². The van der Waals surface area contributed by atoms with Gasteiger partial charge in [-0.3, -0.25) is 14.9 Å². The third-order valence-corrected chi connectivity index (χ3v) is 2.60. The van der Waals surface area contributed by atoms with Crippen LogP contribution in [0.2, 0.25) is 10.0 Å². The van der Waals surface area contributed by atoms with Gasteiger partial charge < -0.3 is 10.4 Å². The fourth-order valence-corrected chi connectivity index (χ4v) is 1.90. The average molecular weight is 319 g/mol. The Kier molecular flexibility index (Phi) is 6.27. The van der Waals surface area contributed by atoms with Gasteiger partial charge >= 0.3 is 12.0 Å². The second-order valence-corrected chi connectivity index (χ2v) is 4.78. The van der Waals surface area contributed by atoms with Crippen LogP contribution in [0.3, 0.4) is 0 Å². The number of imide groups is 1. The molecule has 1 aromatic rings. The van der Waals surface area contributed by atoms with Gasteiger partial charge in [0, 0.05) is 28.6 Å². The molecular formula is C12H12Cl2N2O4. The van der Waals surface area contributed by atoms with Crippen LogP contribution >= 0.6 is 23.2 Å². The van der Waals surface area contributed by atoms with E-state index < -0.39 is 17.9 Å². The first-order valence-electron chi connectivity index (χ1n) is 5.65. The van der Waals surface area contributed by atoms with E-state index in [9.17, 15) is 14.4 Å². The van der Waals surface area contributed by atoms with Crippen LogP contribution in [0.5, 0.6) is 0 Å². The minimum atomic E-state index is -0.990. The predicted molar refractivity (Wildman–Crippen MR) is 75.1 cm³/mol. The van der Waals surface area contributed by atoms with Crippen LogP contribution in [0, 0.1) is 0 Å². The number of anilines is 1. The molecule has 0 radical (unpaired) electrons. The molecule has 3 N–H and O–H groups in total. The molecule has 0 aromatic heterocycles. The maximum absolute atomic E-state index is 11.5. The number of hydrogen-bond donors (Lipinski definition) is 3. The summed E-state index contributed by atoms with van der Waals surface area (Å²) in [6.07, 6.45) is -0.00754. The van der Waals surface area contributed by atoms with Crippen LogP contribution in [-0.4, -0.2) is 23.0 Å². The highest BCUT2D eigenvalue weighted by atomic mass is 35.5. The quantitative estimate of drug-likeness (QED) is 0.777. The molecule has 0 bridgehead atoms. The van der Waals surface area contributed by atoms with E-state index in [0.29, 0.717) is 15.7 Å². The maximum Gasteiger partial charge on any atom is 0.325 e. The van der Waals surface area contributed by atoms with Crippen molar-refractivity contribution in [2.75, 3.05) is 5.32 Å². The van der Waals surface area contributed by atoms with Crippen molar-refractivity contribution < 1.29 is 19.5 Å². The Morgan fingerprint density at radius 3 is 2.20 bits per heavy atom. The van der Waals surface area contributed by atoms with Gasteiger partial charge in [0.25, 0.3) is 0 Å². The molecule has 0 unspecified atom stereocenters. The lowest BCUT2D eigenvalue weighted by molar-refractivity contribution is -0.137. The number of carbonyl (C=O) groups is 3. The topological polar surface area (TPSA) is 95.5 Å². The van der Waals surface area contributed by atoms with Crippen molar-refractivity contribution in [2.45, 2.75) is 19.3 Å². The van der Waals surface area contributed by atoms with Crippen LogP contribution in [0.15, 0.2) is 18.2 Å². The van der Waals surface area contributed by atoms with Crippen LogP contribution in [0.4, 0.5) is 10.5 Å². The third-order valence-electron chi connectivity index (χ3n) is 2.17. The zero-order valence-corrected chi connectivity index (χ0v) is 11.8. The first-order chi connectivity index (χ1) is 9.36. The van der Waals surface area contributed by atoms with Gasteiger partial charge in [0.15, 0.2) is 0 Å². The summed E-state index contributed by atoms with van der Waals surface area (Å²) in [6, 6.07) is 3.72. The maximum atomic E-state index is 11.5. The Morgan fingerprint density at radius 2 is 1.65 bits per heavy atom. The molecule has 20 heavy (non-hydrogen) atoms. The standard InChI is InChI=1S/C12H12Cl2N2O4/c13-7-4-8(14)6-9(5-7)15-12(20)16-10(17)2-1-3-11(18)19/h4-6H,1-3H2,(H,18,19)(H2,15,16,17,20). The normalized spacial score (nSPS) is 9.90. The van der Waals surface area contributed by atoms with E-state index in [1.54, 1.807) is 0 Å². The highest BCUT2D eigenvalue weighted by Crippen LogP contribution is 2.22. The number of carboxylic acids is 1. The molecule has 3 amide bonds. The van der Waals surface area contributed by atoms with Crippen molar-refractivity contribution in [1.82, 2.24) is 5.32 Å². The summed E-state index contributed by atoms with van der Waals surface area (Å²) < 4.78 is 0. The van der Waals surface area contributed by atoms with Crippen molar-refractivity contribution in [1.29, 1.82) is 0 Å². The molecule has 108 valence electrons. The van der Waals surface area contributed by atoms with Gasteiger partial charge in [0.1, 0.15) is 0 Å². The molecule has 0 saturated carbocycles. The van der Waals surface area contributed by atoms with E-state index in [1.165, 1.54) is 18.2 Å². The first kappa shape index (κ1) is 16.3. The lowest BCUT2D eigenvalue weighted by atomic mass is 10.2. The summed E-state index contributed by atoms with van der Waals surface area (Å²) in [7, 11) is 0. The highest BCUT2D eigenvalue weighted by molar-refractivity contribution is 6.35. The number of aliphatic carboxylic acids is 1. The number of rotatable bonds is 5. The molecule has 1 aromatic carbocycles. The van der Waals surface area contributed by atoms with Gasteiger partial charge in [0.05, 0.1) is 0 Å². The number of carbonyl (C=O) groups excluding carboxylic acids is 2. The van der Waals surface area contributed by atoms with Crippen LogP contribution in [-0.2, 0) is 9.59 Å². The second kappa shape index (κ2) is 7.72. The monoisotopic (exact) mass is 318 g/mol. The number of hydrogen-bond acceptors (Lipinski definition) is 3. The molecule has 0 heterocycles. The number of benzene rings is 1. The first-order valence-corrected chi connectivity index (χ1v) is 6.41. The van der Waals surface area contributed by atoms with E-state index in [1.807, 2.05) is 0 Å². The number of carboxylic acid groups (broad SMARTS) is 1. The van der Waals surface area contributed by atoms with Crippen LogP contribution in [0.25, 0.3) is 0 Å². The molecule has 1 rings (SSSR count). The van der Waals surface area contributed by atoms with E-state index in [4.69, 9.17) is 28.3 Å². The minimum absolute atomic E-state index is 0.0456. The molecule has 0 spiro atoms. The summed E-state index contributed by atoms with van der Waals surface area (Å²) in [5.41, 5.74) is 0.346. The number of urea groups is 1. The van der Waals surface area contributed by atoms with Crippen molar-refractivity contribution >= 4 is 46.8 Å². The zero-order valence-electron chi connectivity index (χ0n) is 10.3. The number of nitrogens with one attached hydrogen (secondary N) is 2. The molecule has 6 nitrogen and oxygen atoms in total. The van der Waals surface area contributed by atoms with E-state index >= 15 is 0 Å². The van der Waals surface area contributed by atoms with Gasteiger partial charge in [-0.05, 0) is 24.6 Å². The van der Waals surface area contributed by atoms with Crippen molar-refractivity contribution in [3.63, 3.8) is 0 Å². The second-order valence-electron chi connectivity index (χ2n) is 3.91. The van der Waals surface area contributed by atoms with Gasteiger partial charge in [0.2, 0.25) is 5.91 Å². The SMILES string of the molecule is O=C(O)CCCC(=O)NC(=O)Nc1cc(Cl)cc(Cl)c1. The smallest absolute Gasteiger partial charge is 0.325 e. The largest absolute Gasteiger partial charge is 0.481 e. The highest BCUT2D eigenvalue weighted by Gasteiger charge is 2.09. The van der Waals surface area contributed by atoms with Gasteiger partial charge in [-0.25, -0.2) is 4.79 Å². The molecule has 0 aliphatic rings. The summed E-state index contributed by atoms with van der Waals surface area (Å²) in [5.74, 6) is -1.55. The third kappa shape index (κ3) is 6.40. The van der Waals surface area contributed by atoms with Gasteiger partial charge in [-0.15, -0.1) is 0 Å². The zero-order chi connectivity index (χ0) is 15.1. The lowest BCUT2D eigenvalue weighted by Crippen LogP contribution is -2.34. The summed E-state index contributed by atoms with van der Waals surface area (Å²) in [6.45, 7) is 0. The van der Waals surface area contributed by atoms with Crippen molar-refractivity contribution in [2.24, 2.45) is 0 Å². The number of halogens is 2. The Balaban J connectivity index is 2.43. The van der Waals surface area contributed by atoms with E-state index in [0.717, 1.165) is 0 Å². The molecule has 0 aliphatic carbocycles. The molecule has 0 aliphatic heterocycles. The molecule has 0 fully saturated rings. The Labute approximate surface area is 125 Å². The fraction of sp³-hybridized carbons (Fsp3) is 0.250.